The largest absolute Gasteiger partial charge is 0.416 e. The van der Waals surface area contributed by atoms with Crippen LogP contribution in [0.25, 0.3) is 12.2 Å². The van der Waals surface area contributed by atoms with Gasteiger partial charge in [0.2, 0.25) is 0 Å². The molecular weight excluding hydrogens is 360 g/mol. The van der Waals surface area contributed by atoms with Crippen molar-refractivity contribution in [3.8, 4) is 5.75 Å². The van der Waals surface area contributed by atoms with E-state index in [-0.39, 0.29) is 12.1 Å². The fourth-order valence-electron chi connectivity index (χ4n) is 3.98. The van der Waals surface area contributed by atoms with Crippen LogP contribution in [0.1, 0.15) is 29.8 Å². The van der Waals surface area contributed by atoms with Gasteiger partial charge in [0.1, 0.15) is 11.8 Å². The van der Waals surface area contributed by atoms with E-state index < -0.39 is 0 Å². The van der Waals surface area contributed by atoms with Gasteiger partial charge in [-0.3, -0.25) is 4.90 Å². The summed E-state index contributed by atoms with van der Waals surface area (Å²) in [6, 6.07) is 19.0. The number of carbonyl (C=O) groups is 1. The van der Waals surface area contributed by atoms with Crippen molar-refractivity contribution in [2.45, 2.75) is 19.4 Å². The monoisotopic (exact) mass is 384 g/mol. The normalized spacial score (nSPS) is 17.1. The molecule has 1 atom stereocenters. The van der Waals surface area contributed by atoms with E-state index in [0.29, 0.717) is 12.3 Å². The van der Waals surface area contributed by atoms with Gasteiger partial charge >= 0.3 is 6.09 Å². The van der Waals surface area contributed by atoms with E-state index in [1.54, 1.807) is 17.0 Å². The summed E-state index contributed by atoms with van der Waals surface area (Å²) in [5.41, 5.74) is 3.32. The Balaban J connectivity index is 1.81. The molecule has 1 N–H and O–H groups in total. The molecule has 0 spiro atoms. The first-order chi connectivity index (χ1) is 14.2. The number of ether oxygens (including phenoxy) is 1. The number of hydrogen-bond acceptors (Lipinski definition) is 2. The summed E-state index contributed by atoms with van der Waals surface area (Å²) in [5, 5.41) is 2.20. The molecule has 0 radical (unpaired) electrons. The van der Waals surface area contributed by atoms with Gasteiger partial charge in [-0.2, -0.15) is 0 Å². The van der Waals surface area contributed by atoms with Crippen LogP contribution in [0.4, 0.5) is 4.79 Å². The fourth-order valence-corrected chi connectivity index (χ4v) is 3.98. The van der Waals surface area contributed by atoms with Crippen LogP contribution in [0.15, 0.2) is 73.3 Å². The third-order valence-electron chi connectivity index (χ3n) is 5.27. The van der Waals surface area contributed by atoms with Crippen LogP contribution in [-0.4, -0.2) is 22.5 Å². The number of nitrogens with one attached hydrogen (secondary N) is 1. The van der Waals surface area contributed by atoms with Crippen LogP contribution < -0.4 is 15.3 Å². The van der Waals surface area contributed by atoms with Crippen molar-refractivity contribution in [1.29, 1.82) is 0 Å². The molecule has 4 rings (SSSR count). The number of nitrogens with zero attached hydrogens (tertiary/aromatic N) is 1. The Morgan fingerprint density at radius 1 is 1.14 bits per heavy atom. The number of amides is 1. The van der Waals surface area contributed by atoms with Gasteiger partial charge in [-0.25, -0.2) is 4.79 Å². The smallest absolute Gasteiger partial charge is 0.410 e. The minimum atomic E-state index is -0.346. The average molecular weight is 384 g/mol. The molecule has 2 heterocycles. The van der Waals surface area contributed by atoms with E-state index in [1.807, 2.05) is 55.5 Å². The van der Waals surface area contributed by atoms with Crippen molar-refractivity contribution in [3.05, 3.63) is 101 Å². The first-order valence-corrected chi connectivity index (χ1v) is 9.81. The van der Waals surface area contributed by atoms with Gasteiger partial charge in [-0.1, -0.05) is 73.3 Å². The maximum Gasteiger partial charge on any atom is 0.416 e. The Hall–Kier alpha value is -3.53. The third-order valence-corrected chi connectivity index (χ3v) is 5.27. The van der Waals surface area contributed by atoms with E-state index >= 15 is 0 Å². The summed E-state index contributed by atoms with van der Waals surface area (Å²) in [6.07, 6.45) is 6.31. The van der Waals surface area contributed by atoms with Gasteiger partial charge in [-0.15, -0.1) is 0 Å². The molecule has 3 aromatic rings. The summed E-state index contributed by atoms with van der Waals surface area (Å²) >= 11 is 0. The third kappa shape index (κ3) is 3.61. The van der Waals surface area contributed by atoms with Crippen molar-refractivity contribution >= 4 is 18.2 Å². The average Bonchev–Trinajstić information content (AvgIpc) is 3.12. The summed E-state index contributed by atoms with van der Waals surface area (Å²) < 4.78 is 5.67. The number of H-pyrrole nitrogens is 1. The Labute approximate surface area is 170 Å². The zero-order valence-corrected chi connectivity index (χ0v) is 16.5. The summed E-state index contributed by atoms with van der Waals surface area (Å²) in [6.45, 7) is 6.45. The van der Waals surface area contributed by atoms with Crippen LogP contribution >= 0.6 is 0 Å². The minimum Gasteiger partial charge on any atom is -0.410 e. The van der Waals surface area contributed by atoms with Crippen molar-refractivity contribution in [2.75, 3.05) is 6.54 Å². The molecule has 1 aliphatic heterocycles. The second-order valence-electron chi connectivity index (χ2n) is 6.97. The van der Waals surface area contributed by atoms with Gasteiger partial charge in [0.15, 0.2) is 0 Å². The molecule has 0 bridgehead atoms. The van der Waals surface area contributed by atoms with E-state index in [4.69, 9.17) is 4.74 Å². The Kier molecular flexibility index (Phi) is 5.34. The van der Waals surface area contributed by atoms with Gasteiger partial charge in [0.05, 0.1) is 0 Å². The highest BCUT2D eigenvalue weighted by atomic mass is 16.6. The quantitative estimate of drug-likeness (QED) is 0.744. The SMILES string of the molecule is C=C/C=c1/c2c([nH]/c1=C/C)[C@H](c1ccccc1)N(C(=O)Oc1ccccc1)CC2. The molecular formula is C25H24N2O2. The van der Waals surface area contributed by atoms with Crippen LogP contribution in [-0.2, 0) is 6.42 Å². The van der Waals surface area contributed by atoms with Crippen LogP contribution in [0.5, 0.6) is 5.75 Å². The number of fused-ring (bicyclic) bond motifs is 1. The number of carbonyl (C=O) groups excluding carboxylic acids is 1. The molecule has 4 heteroatoms. The summed E-state index contributed by atoms with van der Waals surface area (Å²) in [5.74, 6) is 0.546. The summed E-state index contributed by atoms with van der Waals surface area (Å²) in [7, 11) is 0. The number of benzene rings is 2. The Bertz CT molecular complexity index is 1130. The zero-order chi connectivity index (χ0) is 20.2. The van der Waals surface area contributed by atoms with E-state index in [0.717, 1.165) is 28.2 Å². The van der Waals surface area contributed by atoms with Gasteiger partial charge < -0.3 is 9.72 Å². The zero-order valence-electron chi connectivity index (χ0n) is 16.5. The Morgan fingerprint density at radius 2 is 1.83 bits per heavy atom. The predicted molar refractivity (Wildman–Crippen MR) is 116 cm³/mol. The van der Waals surface area contributed by atoms with Crippen molar-refractivity contribution in [2.24, 2.45) is 0 Å². The second kappa shape index (κ2) is 8.23. The van der Waals surface area contributed by atoms with Crippen molar-refractivity contribution < 1.29 is 9.53 Å². The molecule has 0 saturated carbocycles. The molecule has 2 aromatic carbocycles. The van der Waals surface area contributed by atoms with Crippen LogP contribution in [0.3, 0.4) is 0 Å². The van der Waals surface area contributed by atoms with E-state index in [1.165, 1.54) is 5.56 Å². The molecule has 0 aliphatic carbocycles. The minimum absolute atomic E-state index is 0.234. The lowest BCUT2D eigenvalue weighted by atomic mass is 9.93. The lowest BCUT2D eigenvalue weighted by Gasteiger charge is -2.35. The van der Waals surface area contributed by atoms with Gasteiger partial charge in [0.25, 0.3) is 0 Å². The highest BCUT2D eigenvalue weighted by Gasteiger charge is 2.35. The maximum absolute atomic E-state index is 13.1. The highest BCUT2D eigenvalue weighted by Crippen LogP contribution is 2.33. The fraction of sp³-hybridized carbons (Fsp3) is 0.160. The molecule has 1 amide bonds. The van der Waals surface area contributed by atoms with E-state index in [2.05, 4.69) is 29.8 Å². The molecule has 0 unspecified atom stereocenters. The standard InChI is InChI=1S/C25H24N2O2/c1-3-11-20-21-16-17-27(25(28)29-19-14-9-6-10-15-19)24(18-12-7-5-8-13-18)23(21)26-22(20)4-2/h3-15,24,26H,1,16-17H2,2H3/b20-11-,22-4+/t24-/m0/s1. The molecule has 146 valence electrons. The first-order valence-electron chi connectivity index (χ1n) is 9.81. The number of aromatic amines is 1. The number of allylic oxidation sites excluding steroid dienone is 1. The number of rotatable bonds is 3. The lowest BCUT2D eigenvalue weighted by Crippen LogP contribution is -2.43. The molecule has 0 saturated heterocycles. The van der Waals surface area contributed by atoms with Gasteiger partial charge in [-0.05, 0) is 36.6 Å². The molecule has 4 nitrogen and oxygen atoms in total. The van der Waals surface area contributed by atoms with Crippen molar-refractivity contribution in [1.82, 2.24) is 9.88 Å². The van der Waals surface area contributed by atoms with Crippen molar-refractivity contribution in [3.63, 3.8) is 0 Å². The first kappa shape index (κ1) is 18.8. The molecule has 1 aliphatic rings. The molecule has 0 fully saturated rings. The Morgan fingerprint density at radius 3 is 2.48 bits per heavy atom. The molecule has 1 aromatic heterocycles. The van der Waals surface area contributed by atoms with Crippen LogP contribution in [0, 0.1) is 0 Å². The second-order valence-corrected chi connectivity index (χ2v) is 6.97. The summed E-state index contributed by atoms with van der Waals surface area (Å²) in [4.78, 5) is 18.5. The number of para-hydroxylation sites is 1. The topological polar surface area (TPSA) is 45.3 Å². The lowest BCUT2D eigenvalue weighted by molar-refractivity contribution is 0.135. The highest BCUT2D eigenvalue weighted by molar-refractivity contribution is 5.72. The molecule has 29 heavy (non-hydrogen) atoms. The van der Waals surface area contributed by atoms with Crippen LogP contribution in [0.2, 0.25) is 0 Å². The number of hydrogen-bond donors (Lipinski definition) is 1. The van der Waals surface area contributed by atoms with E-state index in [9.17, 15) is 4.79 Å². The van der Waals surface area contributed by atoms with Gasteiger partial charge in [0, 0.05) is 22.8 Å². The maximum atomic E-state index is 13.1. The number of aromatic nitrogens is 1. The predicted octanol–water partition coefficient (Wildman–Crippen LogP) is 3.93.